The van der Waals surface area contributed by atoms with E-state index in [4.69, 9.17) is 5.10 Å². The molecule has 0 aromatic carbocycles. The van der Waals surface area contributed by atoms with Crippen molar-refractivity contribution >= 4 is 11.0 Å². The van der Waals surface area contributed by atoms with Crippen LogP contribution < -0.4 is 0 Å². The minimum Gasteiger partial charge on any atom is -0.268 e. The highest BCUT2D eigenvalue weighted by Gasteiger charge is 2.49. The molecule has 5 heterocycles. The maximum Gasteiger partial charge on any atom is 0.155 e. The van der Waals surface area contributed by atoms with Crippen molar-refractivity contribution in [2.75, 3.05) is 0 Å². The minimum atomic E-state index is -0.346. The quantitative estimate of drug-likeness (QED) is 0.603. The lowest BCUT2D eigenvalue weighted by atomic mass is 9.97. The molecule has 2 atom stereocenters. The average Bonchev–Trinajstić information content (AvgIpc) is 2.98. The number of H-pyrrole nitrogens is 1. The Hall–Kier alpha value is -3.09. The molecule has 0 amide bonds. The summed E-state index contributed by atoms with van der Waals surface area (Å²) in [7, 11) is 0. The van der Waals surface area contributed by atoms with Gasteiger partial charge in [-0.05, 0) is 37.5 Å². The molecule has 26 heavy (non-hydrogen) atoms. The minimum absolute atomic E-state index is 0.346. The molecule has 4 aromatic rings. The van der Waals surface area contributed by atoms with Crippen molar-refractivity contribution in [3.05, 3.63) is 47.8 Å². The molecular weight excluding hydrogens is 331 g/mol. The van der Waals surface area contributed by atoms with Gasteiger partial charge in [-0.3, -0.25) is 14.8 Å². The van der Waals surface area contributed by atoms with E-state index in [0.29, 0.717) is 17.5 Å². The summed E-state index contributed by atoms with van der Waals surface area (Å²) in [6, 6.07) is 5.21. The summed E-state index contributed by atoms with van der Waals surface area (Å²) in [4.78, 5) is 8.82. The molecule has 4 aromatic heterocycles. The standard InChI is InChI=1S/C19H15FN6/c1-9-4-13(14-7-22-24-19(14)23-9)16-17(15-3-2-11(20)6-21-15)25-26-8-10-5-12(10)18(16)26/h2-4,6-7,10,12H,5,8H2,1H3,(H,22,23,24). The van der Waals surface area contributed by atoms with Crippen molar-refractivity contribution in [3.63, 3.8) is 0 Å². The number of aromatic amines is 1. The number of hydrogen-bond acceptors (Lipinski definition) is 4. The Balaban J connectivity index is 1.68. The van der Waals surface area contributed by atoms with Crippen LogP contribution in [0.4, 0.5) is 4.39 Å². The number of nitrogens with one attached hydrogen (secondary N) is 1. The van der Waals surface area contributed by atoms with Crippen LogP contribution >= 0.6 is 0 Å². The highest BCUT2D eigenvalue weighted by molar-refractivity contribution is 5.97. The largest absolute Gasteiger partial charge is 0.268 e. The van der Waals surface area contributed by atoms with Gasteiger partial charge in [-0.25, -0.2) is 9.37 Å². The van der Waals surface area contributed by atoms with Crippen LogP contribution in [0.15, 0.2) is 30.6 Å². The van der Waals surface area contributed by atoms with Gasteiger partial charge in [0.25, 0.3) is 0 Å². The summed E-state index contributed by atoms with van der Waals surface area (Å²) >= 11 is 0. The van der Waals surface area contributed by atoms with E-state index in [1.54, 1.807) is 6.07 Å². The Kier molecular flexibility index (Phi) is 2.58. The second-order valence-corrected chi connectivity index (χ2v) is 7.20. The zero-order chi connectivity index (χ0) is 17.4. The van der Waals surface area contributed by atoms with Crippen molar-refractivity contribution in [3.8, 4) is 22.5 Å². The zero-order valence-corrected chi connectivity index (χ0v) is 14.1. The van der Waals surface area contributed by atoms with E-state index in [1.807, 2.05) is 13.1 Å². The predicted octanol–water partition coefficient (Wildman–Crippen LogP) is 3.45. The number of rotatable bonds is 2. The van der Waals surface area contributed by atoms with Crippen LogP contribution in [0.5, 0.6) is 0 Å². The molecule has 1 fully saturated rings. The van der Waals surface area contributed by atoms with Crippen LogP contribution in [0.2, 0.25) is 0 Å². The summed E-state index contributed by atoms with van der Waals surface area (Å²) in [5.41, 5.74) is 6.60. The lowest BCUT2D eigenvalue weighted by Gasteiger charge is -2.08. The van der Waals surface area contributed by atoms with Gasteiger partial charge in [-0.1, -0.05) is 0 Å². The Morgan fingerprint density at radius 2 is 2.19 bits per heavy atom. The fourth-order valence-corrected chi connectivity index (χ4v) is 4.22. The van der Waals surface area contributed by atoms with Crippen LogP contribution in [0, 0.1) is 18.7 Å². The van der Waals surface area contributed by atoms with E-state index in [1.165, 1.54) is 24.4 Å². The molecule has 6 rings (SSSR count). The van der Waals surface area contributed by atoms with Crippen molar-refractivity contribution in [1.82, 2.24) is 29.9 Å². The topological polar surface area (TPSA) is 72.3 Å². The summed E-state index contributed by atoms with van der Waals surface area (Å²) < 4.78 is 15.5. The Labute approximate surface area is 148 Å². The first-order valence-corrected chi connectivity index (χ1v) is 8.73. The monoisotopic (exact) mass is 346 g/mol. The molecule has 2 unspecified atom stereocenters. The average molecular weight is 346 g/mol. The van der Waals surface area contributed by atoms with Crippen LogP contribution in [0.1, 0.15) is 23.7 Å². The van der Waals surface area contributed by atoms with E-state index < -0.39 is 0 Å². The number of halogens is 1. The van der Waals surface area contributed by atoms with E-state index in [-0.39, 0.29) is 5.82 Å². The second-order valence-electron chi connectivity index (χ2n) is 7.20. The van der Waals surface area contributed by atoms with E-state index in [0.717, 1.165) is 40.1 Å². The van der Waals surface area contributed by atoms with E-state index in [9.17, 15) is 4.39 Å². The number of fused-ring (bicyclic) bond motifs is 4. The lowest BCUT2D eigenvalue weighted by Crippen LogP contribution is -1.99. The summed E-state index contributed by atoms with van der Waals surface area (Å²) in [6.07, 6.45) is 4.27. The fourth-order valence-electron chi connectivity index (χ4n) is 4.22. The molecule has 2 aliphatic rings. The normalized spacial score (nSPS) is 20.4. The second kappa shape index (κ2) is 4.75. The van der Waals surface area contributed by atoms with Gasteiger partial charge in [0.2, 0.25) is 0 Å². The maximum atomic E-state index is 13.4. The molecule has 1 saturated carbocycles. The van der Waals surface area contributed by atoms with Crippen molar-refractivity contribution in [2.45, 2.75) is 25.8 Å². The van der Waals surface area contributed by atoms with Crippen molar-refractivity contribution < 1.29 is 4.39 Å². The third-order valence-corrected chi connectivity index (χ3v) is 5.46. The molecule has 1 aliphatic heterocycles. The molecule has 0 bridgehead atoms. The molecule has 0 saturated heterocycles. The Morgan fingerprint density at radius 3 is 3.04 bits per heavy atom. The van der Waals surface area contributed by atoms with Crippen LogP contribution in [-0.4, -0.2) is 29.9 Å². The van der Waals surface area contributed by atoms with Gasteiger partial charge in [0.1, 0.15) is 11.5 Å². The van der Waals surface area contributed by atoms with E-state index in [2.05, 4.69) is 30.9 Å². The van der Waals surface area contributed by atoms with Crippen molar-refractivity contribution in [1.29, 1.82) is 0 Å². The molecule has 6 nitrogen and oxygen atoms in total. The molecular formula is C19H15FN6. The van der Waals surface area contributed by atoms with Gasteiger partial charge >= 0.3 is 0 Å². The van der Waals surface area contributed by atoms with Gasteiger partial charge in [0, 0.05) is 34.7 Å². The third kappa shape index (κ3) is 1.85. The number of pyridine rings is 2. The zero-order valence-electron chi connectivity index (χ0n) is 14.1. The van der Waals surface area contributed by atoms with Gasteiger partial charge in [-0.2, -0.15) is 10.2 Å². The molecule has 1 aliphatic carbocycles. The Morgan fingerprint density at radius 1 is 1.27 bits per heavy atom. The molecule has 128 valence electrons. The first-order chi connectivity index (χ1) is 12.7. The van der Waals surface area contributed by atoms with Crippen LogP contribution in [0.3, 0.4) is 0 Å². The summed E-state index contributed by atoms with van der Waals surface area (Å²) in [5, 5.41) is 13.0. The third-order valence-electron chi connectivity index (χ3n) is 5.46. The van der Waals surface area contributed by atoms with Gasteiger partial charge in [0.05, 0.1) is 23.8 Å². The summed E-state index contributed by atoms with van der Waals surface area (Å²) in [5.74, 6) is 0.915. The molecule has 7 heteroatoms. The number of aryl methyl sites for hydroxylation is 1. The Bertz CT molecular complexity index is 1170. The van der Waals surface area contributed by atoms with Crippen molar-refractivity contribution in [2.24, 2.45) is 5.92 Å². The van der Waals surface area contributed by atoms with E-state index >= 15 is 0 Å². The number of aromatic nitrogens is 6. The number of nitrogens with zero attached hydrogens (tertiary/aromatic N) is 5. The first kappa shape index (κ1) is 14.1. The maximum absolute atomic E-state index is 13.4. The molecule has 0 radical (unpaired) electrons. The van der Waals surface area contributed by atoms with Crippen LogP contribution in [-0.2, 0) is 6.54 Å². The SMILES string of the molecule is Cc1cc(-c2c(-c3ccc(F)cn3)nn3c2C2CC2C3)c2cn[nH]c2n1. The summed E-state index contributed by atoms with van der Waals surface area (Å²) in [6.45, 7) is 2.93. The predicted molar refractivity (Wildman–Crippen MR) is 93.9 cm³/mol. The lowest BCUT2D eigenvalue weighted by molar-refractivity contribution is 0.598. The number of hydrogen-bond donors (Lipinski definition) is 1. The smallest absolute Gasteiger partial charge is 0.155 e. The van der Waals surface area contributed by atoms with Gasteiger partial charge in [0.15, 0.2) is 5.65 Å². The molecule has 0 spiro atoms. The van der Waals surface area contributed by atoms with Crippen LogP contribution in [0.25, 0.3) is 33.5 Å². The molecule has 1 N–H and O–H groups in total. The van der Waals surface area contributed by atoms with Gasteiger partial charge < -0.3 is 0 Å². The fraction of sp³-hybridized carbons (Fsp3) is 0.263. The highest BCUT2D eigenvalue weighted by Crippen LogP contribution is 2.57. The first-order valence-electron chi connectivity index (χ1n) is 8.73. The highest BCUT2D eigenvalue weighted by atomic mass is 19.1. The van der Waals surface area contributed by atoms with Gasteiger partial charge in [-0.15, -0.1) is 0 Å².